The zero-order valence-electron chi connectivity index (χ0n) is 11.4. The fourth-order valence-corrected chi connectivity index (χ4v) is 2.35. The number of nitrogens with zero attached hydrogens (tertiary/aromatic N) is 1. The van der Waals surface area contributed by atoms with Crippen molar-refractivity contribution in [3.05, 3.63) is 0 Å². The number of likely N-dealkylation sites (tertiary alicyclic amines) is 1. The van der Waals surface area contributed by atoms with Gasteiger partial charge in [-0.3, -0.25) is 4.79 Å². The van der Waals surface area contributed by atoms with E-state index in [1.807, 2.05) is 6.92 Å². The Bertz CT molecular complexity index is 233. The molecule has 100 valence electrons. The Morgan fingerprint density at radius 1 is 1.53 bits per heavy atom. The molecule has 0 bridgehead atoms. The summed E-state index contributed by atoms with van der Waals surface area (Å²) >= 11 is 0. The van der Waals surface area contributed by atoms with Crippen LogP contribution in [0.15, 0.2) is 0 Å². The van der Waals surface area contributed by atoms with Gasteiger partial charge in [-0.05, 0) is 52.7 Å². The summed E-state index contributed by atoms with van der Waals surface area (Å²) in [7, 11) is 1.43. The Morgan fingerprint density at radius 2 is 2.29 bits per heavy atom. The molecule has 0 saturated carbocycles. The van der Waals surface area contributed by atoms with E-state index < -0.39 is 0 Å². The second-order valence-corrected chi connectivity index (χ2v) is 4.93. The van der Waals surface area contributed by atoms with Gasteiger partial charge in [0.25, 0.3) is 0 Å². The Kier molecular flexibility index (Phi) is 6.52. The predicted molar refractivity (Wildman–Crippen MR) is 69.0 cm³/mol. The molecule has 2 atom stereocenters. The van der Waals surface area contributed by atoms with E-state index in [9.17, 15) is 4.79 Å². The van der Waals surface area contributed by atoms with E-state index in [2.05, 4.69) is 21.9 Å². The van der Waals surface area contributed by atoms with Crippen molar-refractivity contribution in [1.29, 1.82) is 0 Å². The molecular weight excluding hydrogens is 216 g/mol. The molecule has 0 spiro atoms. The molecule has 0 aromatic carbocycles. The van der Waals surface area contributed by atoms with Crippen molar-refractivity contribution in [3.63, 3.8) is 0 Å². The maximum absolute atomic E-state index is 11.2. The average Bonchev–Trinajstić information content (AvgIpc) is 2.35. The van der Waals surface area contributed by atoms with Crippen LogP contribution in [0.4, 0.5) is 0 Å². The quantitative estimate of drug-likeness (QED) is 0.565. The highest BCUT2D eigenvalue weighted by atomic mass is 16.5. The molecule has 4 heteroatoms. The van der Waals surface area contributed by atoms with E-state index in [0.29, 0.717) is 0 Å². The summed E-state index contributed by atoms with van der Waals surface area (Å²) in [4.78, 5) is 13.7. The highest BCUT2D eigenvalue weighted by Crippen LogP contribution is 2.15. The molecule has 0 radical (unpaired) electrons. The van der Waals surface area contributed by atoms with Gasteiger partial charge in [0.1, 0.15) is 6.04 Å². The molecule has 0 amide bonds. The summed E-state index contributed by atoms with van der Waals surface area (Å²) in [6.07, 6.45) is 5.11. The van der Waals surface area contributed by atoms with Gasteiger partial charge >= 0.3 is 5.97 Å². The lowest BCUT2D eigenvalue weighted by Gasteiger charge is -2.33. The summed E-state index contributed by atoms with van der Waals surface area (Å²) in [6.45, 7) is 7.38. The fourth-order valence-electron chi connectivity index (χ4n) is 2.35. The van der Waals surface area contributed by atoms with Crippen molar-refractivity contribution in [2.45, 2.75) is 51.6 Å². The van der Waals surface area contributed by atoms with Crippen molar-refractivity contribution >= 4 is 5.97 Å². The van der Waals surface area contributed by atoms with Crippen LogP contribution in [-0.4, -0.2) is 49.7 Å². The molecular formula is C13H26N2O2. The minimum absolute atomic E-state index is 0.184. The lowest BCUT2D eigenvalue weighted by Crippen LogP contribution is -2.40. The van der Waals surface area contributed by atoms with E-state index in [1.165, 1.54) is 32.9 Å². The Balaban J connectivity index is 2.09. The van der Waals surface area contributed by atoms with Crippen LogP contribution >= 0.6 is 0 Å². The highest BCUT2D eigenvalue weighted by molar-refractivity contribution is 5.74. The first-order valence-electron chi connectivity index (χ1n) is 6.70. The van der Waals surface area contributed by atoms with E-state index in [-0.39, 0.29) is 12.0 Å². The summed E-state index contributed by atoms with van der Waals surface area (Å²) in [5, 5.41) is 3.19. The van der Waals surface area contributed by atoms with Gasteiger partial charge in [-0.15, -0.1) is 0 Å². The topological polar surface area (TPSA) is 41.6 Å². The largest absolute Gasteiger partial charge is 0.468 e. The van der Waals surface area contributed by atoms with Crippen LogP contribution in [-0.2, 0) is 9.53 Å². The van der Waals surface area contributed by atoms with E-state index in [0.717, 1.165) is 25.6 Å². The molecule has 1 aliphatic rings. The Morgan fingerprint density at radius 3 is 2.94 bits per heavy atom. The van der Waals surface area contributed by atoms with Crippen LogP contribution in [0, 0.1) is 0 Å². The SMILES string of the molecule is COC(=O)C(C)NCCCN1CCCCC1C. The van der Waals surface area contributed by atoms with Crippen LogP contribution in [0.1, 0.15) is 39.5 Å². The molecule has 1 heterocycles. The first-order valence-corrected chi connectivity index (χ1v) is 6.70. The van der Waals surface area contributed by atoms with E-state index in [1.54, 1.807) is 0 Å². The van der Waals surface area contributed by atoms with Crippen molar-refractivity contribution in [2.75, 3.05) is 26.7 Å². The minimum atomic E-state index is -0.196. The summed E-state index contributed by atoms with van der Waals surface area (Å²) < 4.78 is 4.66. The number of esters is 1. The van der Waals surface area contributed by atoms with Crippen LogP contribution in [0.2, 0.25) is 0 Å². The molecule has 1 N–H and O–H groups in total. The van der Waals surface area contributed by atoms with E-state index >= 15 is 0 Å². The number of methoxy groups -OCH3 is 1. The molecule has 17 heavy (non-hydrogen) atoms. The minimum Gasteiger partial charge on any atom is -0.468 e. The average molecular weight is 242 g/mol. The number of hydrogen-bond donors (Lipinski definition) is 1. The number of hydrogen-bond acceptors (Lipinski definition) is 4. The van der Waals surface area contributed by atoms with Gasteiger partial charge in [-0.1, -0.05) is 6.42 Å². The summed E-state index contributed by atoms with van der Waals surface area (Å²) in [5.41, 5.74) is 0. The normalized spacial score (nSPS) is 23.4. The smallest absolute Gasteiger partial charge is 0.322 e. The van der Waals surface area contributed by atoms with Crippen LogP contribution in [0.3, 0.4) is 0 Å². The number of carbonyl (C=O) groups is 1. The molecule has 2 unspecified atom stereocenters. The third-order valence-electron chi connectivity index (χ3n) is 3.57. The molecule has 4 nitrogen and oxygen atoms in total. The first kappa shape index (κ1) is 14.5. The fraction of sp³-hybridized carbons (Fsp3) is 0.923. The molecule has 1 aliphatic heterocycles. The van der Waals surface area contributed by atoms with Gasteiger partial charge in [0.15, 0.2) is 0 Å². The number of ether oxygens (including phenoxy) is 1. The van der Waals surface area contributed by atoms with Crippen molar-refractivity contribution < 1.29 is 9.53 Å². The number of carbonyl (C=O) groups excluding carboxylic acids is 1. The third-order valence-corrected chi connectivity index (χ3v) is 3.57. The van der Waals surface area contributed by atoms with Crippen LogP contribution in [0.25, 0.3) is 0 Å². The lowest BCUT2D eigenvalue weighted by atomic mass is 10.0. The standard InChI is InChI=1S/C13H26N2O2/c1-11-7-4-5-9-15(11)10-6-8-14-12(2)13(16)17-3/h11-12,14H,4-10H2,1-3H3. The van der Waals surface area contributed by atoms with Gasteiger partial charge in [-0.2, -0.15) is 0 Å². The maximum atomic E-state index is 11.2. The Hall–Kier alpha value is -0.610. The zero-order valence-corrected chi connectivity index (χ0v) is 11.4. The van der Waals surface area contributed by atoms with Gasteiger partial charge in [0.05, 0.1) is 7.11 Å². The molecule has 0 aromatic heterocycles. The van der Waals surface area contributed by atoms with Crippen molar-refractivity contribution in [2.24, 2.45) is 0 Å². The monoisotopic (exact) mass is 242 g/mol. The molecule has 1 saturated heterocycles. The second kappa shape index (κ2) is 7.67. The lowest BCUT2D eigenvalue weighted by molar-refractivity contribution is -0.142. The number of piperidine rings is 1. The van der Waals surface area contributed by atoms with Gasteiger partial charge in [-0.25, -0.2) is 0 Å². The first-order chi connectivity index (χ1) is 8.15. The zero-order chi connectivity index (χ0) is 12.7. The second-order valence-electron chi connectivity index (χ2n) is 4.93. The Labute approximate surface area is 105 Å². The van der Waals surface area contributed by atoms with Crippen LogP contribution in [0.5, 0.6) is 0 Å². The molecule has 1 fully saturated rings. The van der Waals surface area contributed by atoms with Gasteiger partial charge in [0.2, 0.25) is 0 Å². The number of nitrogens with one attached hydrogen (secondary N) is 1. The summed E-state index contributed by atoms with van der Waals surface area (Å²) in [6, 6.07) is 0.528. The van der Waals surface area contributed by atoms with Gasteiger partial charge < -0.3 is 15.0 Å². The van der Waals surface area contributed by atoms with Crippen molar-refractivity contribution in [1.82, 2.24) is 10.2 Å². The number of rotatable bonds is 6. The molecule has 0 aliphatic carbocycles. The molecule has 1 rings (SSSR count). The van der Waals surface area contributed by atoms with E-state index in [4.69, 9.17) is 0 Å². The third kappa shape index (κ3) is 5.04. The van der Waals surface area contributed by atoms with Gasteiger partial charge in [0, 0.05) is 6.04 Å². The highest BCUT2D eigenvalue weighted by Gasteiger charge is 2.17. The molecule has 0 aromatic rings. The maximum Gasteiger partial charge on any atom is 0.322 e. The van der Waals surface area contributed by atoms with Crippen molar-refractivity contribution in [3.8, 4) is 0 Å². The van der Waals surface area contributed by atoms with Crippen LogP contribution < -0.4 is 5.32 Å². The summed E-state index contributed by atoms with van der Waals surface area (Å²) in [5.74, 6) is -0.184. The predicted octanol–water partition coefficient (Wildman–Crippen LogP) is 1.40.